The summed E-state index contributed by atoms with van der Waals surface area (Å²) in [5.41, 5.74) is 3.45. The highest BCUT2D eigenvalue weighted by molar-refractivity contribution is 5.87. The molecule has 2 N–H and O–H groups in total. The van der Waals surface area contributed by atoms with Crippen molar-refractivity contribution in [3.05, 3.63) is 71.7 Å². The third kappa shape index (κ3) is 10.2. The number of nitrogens with zero attached hydrogens (tertiary/aromatic N) is 6. The monoisotopic (exact) mass is 645 g/mol. The van der Waals surface area contributed by atoms with Crippen LogP contribution in [0.2, 0.25) is 0 Å². The van der Waals surface area contributed by atoms with E-state index in [0.717, 1.165) is 16.7 Å². The van der Waals surface area contributed by atoms with E-state index in [1.54, 1.807) is 64.3 Å². The van der Waals surface area contributed by atoms with Gasteiger partial charge >= 0.3 is 12.1 Å². The van der Waals surface area contributed by atoms with Gasteiger partial charge in [0.15, 0.2) is 0 Å². The van der Waals surface area contributed by atoms with E-state index in [1.807, 2.05) is 30.3 Å². The van der Waals surface area contributed by atoms with Crippen LogP contribution < -0.4 is 15.1 Å². The van der Waals surface area contributed by atoms with E-state index in [2.05, 4.69) is 30.1 Å². The Morgan fingerprint density at radius 2 is 1.70 bits per heavy atom. The summed E-state index contributed by atoms with van der Waals surface area (Å²) in [6.45, 7) is 10.1. The maximum absolute atomic E-state index is 12.6. The first-order valence-corrected chi connectivity index (χ1v) is 15.5. The number of hydrogen-bond acceptors (Lipinski definition) is 11. The van der Waals surface area contributed by atoms with E-state index >= 15 is 0 Å². The average molecular weight is 646 g/mol. The zero-order chi connectivity index (χ0) is 34.0. The van der Waals surface area contributed by atoms with Gasteiger partial charge in [-0.25, -0.2) is 24.5 Å². The van der Waals surface area contributed by atoms with E-state index in [0.29, 0.717) is 62.2 Å². The minimum absolute atomic E-state index is 0.157. The standard InChI is InChI=1S/C34H43N7O6/c1-6-46-30(44)11-10-24-16-27(23-42)31(35-18-24)40-12-14-41(15-13-40)32-36-19-28(20-37-32)26-9-7-8-25(17-26)22-39(5)29(43)21-38-33(45)47-34(2,3)4/h7-11,16-20,42H,6,12-15,21-23H2,1-5H3,(H,38,45). The third-order valence-corrected chi connectivity index (χ3v) is 7.22. The molecule has 1 aromatic carbocycles. The van der Waals surface area contributed by atoms with Crippen LogP contribution in [0, 0.1) is 0 Å². The Balaban J connectivity index is 1.31. The number of alkyl carbamates (subject to hydrolysis) is 1. The molecule has 1 fully saturated rings. The molecule has 0 radical (unpaired) electrons. The lowest BCUT2D eigenvalue weighted by Gasteiger charge is -2.36. The second-order valence-electron chi connectivity index (χ2n) is 12.0. The van der Waals surface area contributed by atoms with Crippen molar-refractivity contribution in [3.8, 4) is 11.1 Å². The molecule has 47 heavy (non-hydrogen) atoms. The summed E-state index contributed by atoms with van der Waals surface area (Å²) in [6, 6.07) is 9.64. The molecule has 0 spiro atoms. The Bertz CT molecular complexity index is 1560. The quantitative estimate of drug-likeness (QED) is 0.233. The molecule has 3 aromatic rings. The van der Waals surface area contributed by atoms with Crippen molar-refractivity contribution >= 4 is 35.8 Å². The minimum Gasteiger partial charge on any atom is -0.463 e. The van der Waals surface area contributed by atoms with E-state index in [-0.39, 0.29) is 19.1 Å². The number of aliphatic hydroxyl groups excluding tert-OH is 1. The fourth-order valence-electron chi connectivity index (χ4n) is 4.93. The predicted octanol–water partition coefficient (Wildman–Crippen LogP) is 3.42. The smallest absolute Gasteiger partial charge is 0.408 e. The molecule has 4 rings (SSSR count). The first-order chi connectivity index (χ1) is 22.5. The van der Waals surface area contributed by atoms with Crippen LogP contribution in [0.1, 0.15) is 44.4 Å². The molecule has 250 valence electrons. The van der Waals surface area contributed by atoms with Crippen molar-refractivity contribution in [1.29, 1.82) is 0 Å². The average Bonchev–Trinajstić information content (AvgIpc) is 3.05. The Hall–Kier alpha value is -5.04. The number of ether oxygens (including phenoxy) is 2. The van der Waals surface area contributed by atoms with Gasteiger partial charge in [-0.15, -0.1) is 0 Å². The summed E-state index contributed by atoms with van der Waals surface area (Å²) in [5.74, 6) is 0.675. The number of aromatic nitrogens is 3. The number of amides is 2. The molecular formula is C34H43N7O6. The molecule has 1 aliphatic rings. The number of benzene rings is 1. The number of piperazine rings is 1. The van der Waals surface area contributed by atoms with Crippen molar-refractivity contribution in [1.82, 2.24) is 25.2 Å². The second-order valence-corrected chi connectivity index (χ2v) is 12.0. The van der Waals surface area contributed by atoms with Crippen molar-refractivity contribution in [2.24, 2.45) is 0 Å². The molecule has 0 atom stereocenters. The summed E-state index contributed by atoms with van der Waals surface area (Å²) in [4.78, 5) is 55.7. The van der Waals surface area contributed by atoms with Gasteiger partial charge in [-0.3, -0.25) is 4.79 Å². The summed E-state index contributed by atoms with van der Waals surface area (Å²) in [5, 5.41) is 12.5. The van der Waals surface area contributed by atoms with Crippen molar-refractivity contribution < 1.29 is 29.0 Å². The molecule has 1 aliphatic heterocycles. The van der Waals surface area contributed by atoms with Gasteiger partial charge in [-0.05, 0) is 62.6 Å². The maximum Gasteiger partial charge on any atom is 0.408 e. The van der Waals surface area contributed by atoms with Crippen LogP contribution in [0.4, 0.5) is 16.6 Å². The highest BCUT2D eigenvalue weighted by atomic mass is 16.6. The summed E-state index contributed by atoms with van der Waals surface area (Å²) in [6.07, 6.45) is 7.60. The number of carbonyl (C=O) groups is 3. The van der Waals surface area contributed by atoms with Crippen LogP contribution in [0.25, 0.3) is 17.2 Å². The van der Waals surface area contributed by atoms with E-state index in [9.17, 15) is 19.5 Å². The number of rotatable bonds is 11. The van der Waals surface area contributed by atoms with Crippen LogP contribution in [-0.2, 0) is 32.2 Å². The van der Waals surface area contributed by atoms with Crippen LogP contribution in [0.3, 0.4) is 0 Å². The summed E-state index contributed by atoms with van der Waals surface area (Å²) >= 11 is 0. The molecule has 3 heterocycles. The molecule has 13 nitrogen and oxygen atoms in total. The normalized spacial score (nSPS) is 13.4. The molecule has 0 saturated carbocycles. The first-order valence-electron chi connectivity index (χ1n) is 15.5. The summed E-state index contributed by atoms with van der Waals surface area (Å²) < 4.78 is 10.1. The van der Waals surface area contributed by atoms with Crippen LogP contribution >= 0.6 is 0 Å². The predicted molar refractivity (Wildman–Crippen MR) is 178 cm³/mol. The molecule has 1 saturated heterocycles. The van der Waals surface area contributed by atoms with E-state index in [1.165, 1.54) is 6.08 Å². The van der Waals surface area contributed by atoms with Crippen molar-refractivity contribution in [3.63, 3.8) is 0 Å². The Morgan fingerprint density at radius 3 is 2.36 bits per heavy atom. The number of esters is 1. The van der Waals surface area contributed by atoms with Crippen molar-refractivity contribution in [2.45, 2.75) is 46.4 Å². The van der Waals surface area contributed by atoms with Crippen LogP contribution in [-0.4, -0.2) is 94.9 Å². The Labute approximate surface area is 275 Å². The molecule has 0 aliphatic carbocycles. The highest BCUT2D eigenvalue weighted by Gasteiger charge is 2.22. The number of nitrogens with one attached hydrogen (secondary N) is 1. The third-order valence-electron chi connectivity index (χ3n) is 7.22. The van der Waals surface area contributed by atoms with E-state index in [4.69, 9.17) is 9.47 Å². The number of anilines is 2. The second kappa shape index (κ2) is 16.0. The lowest BCUT2D eigenvalue weighted by Crippen LogP contribution is -2.47. The van der Waals surface area contributed by atoms with Gasteiger partial charge in [-0.2, -0.15) is 0 Å². The van der Waals surface area contributed by atoms with Gasteiger partial charge in [0.05, 0.1) is 13.2 Å². The minimum atomic E-state index is -0.638. The Kier molecular flexibility index (Phi) is 11.8. The first kappa shape index (κ1) is 34.8. The molecule has 0 bridgehead atoms. The zero-order valence-corrected chi connectivity index (χ0v) is 27.6. The van der Waals surface area contributed by atoms with E-state index < -0.39 is 17.7 Å². The number of aliphatic hydroxyl groups is 1. The fourth-order valence-corrected chi connectivity index (χ4v) is 4.93. The molecule has 13 heteroatoms. The molecule has 2 amide bonds. The van der Waals surface area contributed by atoms with Gasteiger partial charge in [0.1, 0.15) is 18.0 Å². The zero-order valence-electron chi connectivity index (χ0n) is 27.6. The molecule has 2 aromatic heterocycles. The Morgan fingerprint density at radius 1 is 1.00 bits per heavy atom. The van der Waals surface area contributed by atoms with Crippen molar-refractivity contribution in [2.75, 3.05) is 56.2 Å². The van der Waals surface area contributed by atoms with Gasteiger partial charge in [0, 0.05) is 75.6 Å². The number of likely N-dealkylation sites (N-methyl/N-ethyl adjacent to an activating group) is 1. The van der Waals surface area contributed by atoms with Crippen LogP contribution in [0.15, 0.2) is 55.0 Å². The maximum atomic E-state index is 12.6. The highest BCUT2D eigenvalue weighted by Crippen LogP contribution is 2.24. The largest absolute Gasteiger partial charge is 0.463 e. The van der Waals surface area contributed by atoms with Gasteiger partial charge in [-0.1, -0.05) is 18.2 Å². The summed E-state index contributed by atoms with van der Waals surface area (Å²) in [7, 11) is 1.69. The number of carbonyl (C=O) groups excluding carboxylic acids is 3. The molecular weight excluding hydrogens is 602 g/mol. The van der Waals surface area contributed by atoms with Gasteiger partial charge in [0.2, 0.25) is 11.9 Å². The SMILES string of the molecule is CCOC(=O)C=Cc1cnc(N2CCN(c3ncc(-c4cccc(CN(C)C(=O)CNC(=O)OC(C)(C)C)c4)cn3)CC2)c(CO)c1. The molecule has 0 unspecified atom stereocenters. The lowest BCUT2D eigenvalue weighted by molar-refractivity contribution is -0.137. The van der Waals surface area contributed by atoms with Gasteiger partial charge < -0.3 is 34.6 Å². The fraction of sp³-hybridized carbons (Fsp3) is 0.412. The van der Waals surface area contributed by atoms with Crippen LogP contribution in [0.5, 0.6) is 0 Å². The van der Waals surface area contributed by atoms with Gasteiger partial charge in [0.25, 0.3) is 0 Å². The lowest BCUT2D eigenvalue weighted by atomic mass is 10.1. The topological polar surface area (TPSA) is 150 Å². The number of pyridine rings is 1. The number of hydrogen-bond donors (Lipinski definition) is 2.